The highest BCUT2D eigenvalue weighted by molar-refractivity contribution is 5.87. The molecule has 146 valence electrons. The van der Waals surface area contributed by atoms with Gasteiger partial charge in [0.1, 0.15) is 5.54 Å². The van der Waals surface area contributed by atoms with Crippen LogP contribution in [0.3, 0.4) is 0 Å². The first kappa shape index (κ1) is 20.5. The lowest BCUT2D eigenvalue weighted by Crippen LogP contribution is -2.54. The van der Waals surface area contributed by atoms with E-state index in [2.05, 4.69) is 24.3 Å². The Kier molecular flexibility index (Phi) is 6.84. The molecule has 1 amide bonds. The lowest BCUT2D eigenvalue weighted by atomic mass is 9.90. The Morgan fingerprint density at radius 3 is 2.35 bits per heavy atom. The number of hydrogen-bond acceptors (Lipinski definition) is 3. The van der Waals surface area contributed by atoms with E-state index in [-0.39, 0.29) is 5.91 Å². The minimum atomic E-state index is -1.08. The SMILES string of the molecule is Cc1nn(CC(C)C)c(C)c1CCC(=O)NC1(C(=O)O)CCCCCC1. The molecule has 1 heterocycles. The van der Waals surface area contributed by atoms with Crippen LogP contribution < -0.4 is 5.32 Å². The maximum Gasteiger partial charge on any atom is 0.329 e. The van der Waals surface area contributed by atoms with Crippen LogP contribution in [-0.2, 0) is 22.6 Å². The van der Waals surface area contributed by atoms with Gasteiger partial charge in [0, 0.05) is 18.7 Å². The van der Waals surface area contributed by atoms with Crippen LogP contribution in [0, 0.1) is 19.8 Å². The highest BCUT2D eigenvalue weighted by Crippen LogP contribution is 2.28. The van der Waals surface area contributed by atoms with Gasteiger partial charge in [0.05, 0.1) is 5.69 Å². The molecule has 1 aromatic rings. The number of rotatable bonds is 7. The van der Waals surface area contributed by atoms with Gasteiger partial charge in [0.2, 0.25) is 5.91 Å². The van der Waals surface area contributed by atoms with Crippen molar-refractivity contribution in [3.05, 3.63) is 17.0 Å². The van der Waals surface area contributed by atoms with Crippen molar-refractivity contribution in [3.63, 3.8) is 0 Å². The fourth-order valence-corrected chi connectivity index (χ4v) is 3.91. The van der Waals surface area contributed by atoms with Crippen LogP contribution >= 0.6 is 0 Å². The first-order valence-corrected chi connectivity index (χ1v) is 9.82. The number of carbonyl (C=O) groups excluding carboxylic acids is 1. The molecule has 26 heavy (non-hydrogen) atoms. The van der Waals surface area contributed by atoms with E-state index in [1.807, 2.05) is 18.5 Å². The van der Waals surface area contributed by atoms with Gasteiger partial charge < -0.3 is 10.4 Å². The van der Waals surface area contributed by atoms with Crippen molar-refractivity contribution >= 4 is 11.9 Å². The second-order valence-electron chi connectivity index (χ2n) is 8.07. The standard InChI is InChI=1S/C20H33N3O3/c1-14(2)13-23-16(4)17(15(3)22-23)9-10-18(24)21-20(19(25)26)11-7-5-6-8-12-20/h14H,5-13H2,1-4H3,(H,21,24)(H,25,26). The van der Waals surface area contributed by atoms with E-state index in [0.717, 1.165) is 49.2 Å². The minimum absolute atomic E-state index is 0.176. The molecule has 0 spiro atoms. The number of aromatic nitrogens is 2. The number of carboxylic acid groups (broad SMARTS) is 1. The number of nitrogens with zero attached hydrogens (tertiary/aromatic N) is 2. The molecule has 6 nitrogen and oxygen atoms in total. The van der Waals surface area contributed by atoms with Crippen molar-refractivity contribution in [2.75, 3.05) is 0 Å². The van der Waals surface area contributed by atoms with Crippen molar-refractivity contribution < 1.29 is 14.7 Å². The minimum Gasteiger partial charge on any atom is -0.480 e. The largest absolute Gasteiger partial charge is 0.480 e. The molecule has 6 heteroatoms. The Hall–Kier alpha value is -1.85. The zero-order valence-electron chi connectivity index (χ0n) is 16.6. The molecule has 2 N–H and O–H groups in total. The van der Waals surface area contributed by atoms with Gasteiger partial charge in [-0.2, -0.15) is 5.10 Å². The van der Waals surface area contributed by atoms with Gasteiger partial charge in [-0.15, -0.1) is 0 Å². The van der Waals surface area contributed by atoms with Crippen LogP contribution in [0.2, 0.25) is 0 Å². The normalized spacial score (nSPS) is 17.1. The van der Waals surface area contributed by atoms with Crippen molar-refractivity contribution in [3.8, 4) is 0 Å². The number of aliphatic carboxylic acids is 1. The second-order valence-corrected chi connectivity index (χ2v) is 8.07. The predicted molar refractivity (Wildman–Crippen MR) is 101 cm³/mol. The number of nitrogens with one attached hydrogen (secondary N) is 1. The van der Waals surface area contributed by atoms with Crippen molar-refractivity contribution in [2.45, 2.75) is 91.1 Å². The molecule has 1 fully saturated rings. The highest BCUT2D eigenvalue weighted by atomic mass is 16.4. The summed E-state index contributed by atoms with van der Waals surface area (Å²) in [6.45, 7) is 9.19. The fraction of sp³-hybridized carbons (Fsp3) is 0.750. The summed E-state index contributed by atoms with van der Waals surface area (Å²) in [6.07, 6.45) is 5.73. The van der Waals surface area contributed by atoms with Crippen LogP contribution in [-0.4, -0.2) is 32.3 Å². The van der Waals surface area contributed by atoms with Crippen LogP contribution in [0.4, 0.5) is 0 Å². The Morgan fingerprint density at radius 2 is 1.81 bits per heavy atom. The maximum atomic E-state index is 12.5. The third kappa shape index (κ3) is 4.86. The molecule has 0 saturated heterocycles. The van der Waals surface area contributed by atoms with E-state index < -0.39 is 11.5 Å². The van der Waals surface area contributed by atoms with Crippen LogP contribution in [0.15, 0.2) is 0 Å². The van der Waals surface area contributed by atoms with E-state index in [1.54, 1.807) is 0 Å². The summed E-state index contributed by atoms with van der Waals surface area (Å²) < 4.78 is 2.01. The third-order valence-electron chi connectivity index (χ3n) is 5.42. The van der Waals surface area contributed by atoms with Crippen LogP contribution in [0.1, 0.15) is 75.7 Å². The average Bonchev–Trinajstić information content (AvgIpc) is 2.73. The fourth-order valence-electron chi connectivity index (χ4n) is 3.91. The Morgan fingerprint density at radius 1 is 1.19 bits per heavy atom. The molecule has 0 aliphatic heterocycles. The second kappa shape index (κ2) is 8.69. The van der Waals surface area contributed by atoms with Gasteiger partial charge in [0.15, 0.2) is 0 Å². The first-order chi connectivity index (χ1) is 12.2. The molecule has 0 bridgehead atoms. The van der Waals surface area contributed by atoms with Crippen LogP contribution in [0.25, 0.3) is 0 Å². The molecule has 0 aromatic carbocycles. The Bertz CT molecular complexity index is 641. The summed E-state index contributed by atoms with van der Waals surface area (Å²) in [5.74, 6) is -0.565. The summed E-state index contributed by atoms with van der Waals surface area (Å²) in [7, 11) is 0. The monoisotopic (exact) mass is 363 g/mol. The zero-order valence-corrected chi connectivity index (χ0v) is 16.6. The molecule has 1 saturated carbocycles. The number of aryl methyl sites for hydroxylation is 1. The average molecular weight is 364 g/mol. The lowest BCUT2D eigenvalue weighted by Gasteiger charge is -2.29. The molecular weight excluding hydrogens is 330 g/mol. The molecular formula is C20H33N3O3. The van der Waals surface area contributed by atoms with E-state index in [9.17, 15) is 14.7 Å². The van der Waals surface area contributed by atoms with Crippen molar-refractivity contribution in [1.82, 2.24) is 15.1 Å². The summed E-state index contributed by atoms with van der Waals surface area (Å²) in [6, 6.07) is 0. The van der Waals surface area contributed by atoms with Crippen molar-refractivity contribution in [1.29, 1.82) is 0 Å². The summed E-state index contributed by atoms with van der Waals surface area (Å²) in [5.41, 5.74) is 2.08. The quantitative estimate of drug-likeness (QED) is 0.727. The maximum absolute atomic E-state index is 12.5. The van der Waals surface area contributed by atoms with Gasteiger partial charge in [-0.1, -0.05) is 39.5 Å². The molecule has 1 aromatic heterocycles. The number of hydrogen-bond donors (Lipinski definition) is 2. The van der Waals surface area contributed by atoms with E-state index in [4.69, 9.17) is 0 Å². The molecule has 1 aliphatic rings. The van der Waals surface area contributed by atoms with Gasteiger partial charge >= 0.3 is 5.97 Å². The van der Waals surface area contributed by atoms with E-state index in [1.165, 1.54) is 0 Å². The Balaban J connectivity index is 2.02. The zero-order chi connectivity index (χ0) is 19.3. The molecule has 0 unspecified atom stereocenters. The molecule has 0 radical (unpaired) electrons. The van der Waals surface area contributed by atoms with Gasteiger partial charge in [-0.25, -0.2) is 4.79 Å². The highest BCUT2D eigenvalue weighted by Gasteiger charge is 2.39. The topological polar surface area (TPSA) is 84.2 Å². The van der Waals surface area contributed by atoms with E-state index in [0.29, 0.717) is 31.6 Å². The van der Waals surface area contributed by atoms with Gasteiger partial charge in [-0.05, 0) is 44.6 Å². The predicted octanol–water partition coefficient (Wildman–Crippen LogP) is 3.38. The molecule has 1 aliphatic carbocycles. The Labute approximate surface area is 156 Å². The number of carboxylic acids is 1. The third-order valence-corrected chi connectivity index (χ3v) is 5.42. The number of amides is 1. The lowest BCUT2D eigenvalue weighted by molar-refractivity contribution is -0.148. The smallest absolute Gasteiger partial charge is 0.329 e. The van der Waals surface area contributed by atoms with Gasteiger partial charge in [-0.3, -0.25) is 9.48 Å². The van der Waals surface area contributed by atoms with Crippen molar-refractivity contribution in [2.24, 2.45) is 5.92 Å². The van der Waals surface area contributed by atoms with E-state index >= 15 is 0 Å². The summed E-state index contributed by atoms with van der Waals surface area (Å²) in [5, 5.41) is 17.1. The summed E-state index contributed by atoms with van der Waals surface area (Å²) >= 11 is 0. The number of carbonyl (C=O) groups is 2. The molecule has 0 atom stereocenters. The van der Waals surface area contributed by atoms with Crippen LogP contribution in [0.5, 0.6) is 0 Å². The van der Waals surface area contributed by atoms with Gasteiger partial charge in [0.25, 0.3) is 0 Å². The molecule has 2 rings (SSSR count). The summed E-state index contributed by atoms with van der Waals surface area (Å²) in [4.78, 5) is 24.3. The first-order valence-electron chi connectivity index (χ1n) is 9.82.